The smallest absolute Gasteiger partial charge is 0.243 e. The maximum atomic E-state index is 12.7. The van der Waals surface area contributed by atoms with Gasteiger partial charge in [-0.15, -0.1) is 0 Å². The number of carbonyl (C=O) groups is 2. The van der Waals surface area contributed by atoms with Crippen molar-refractivity contribution in [2.75, 3.05) is 6.61 Å². The van der Waals surface area contributed by atoms with Gasteiger partial charge in [-0.3, -0.25) is 9.59 Å². The lowest BCUT2D eigenvalue weighted by molar-refractivity contribution is -0.117. The van der Waals surface area contributed by atoms with Crippen LogP contribution in [0.15, 0.2) is 68.2 Å². The van der Waals surface area contributed by atoms with Crippen molar-refractivity contribution in [2.24, 2.45) is 0 Å². The van der Waals surface area contributed by atoms with Gasteiger partial charge in [0.05, 0.1) is 17.7 Å². The predicted octanol–water partition coefficient (Wildman–Crippen LogP) is 2.28. The van der Waals surface area contributed by atoms with Crippen LogP contribution in [0.5, 0.6) is 0 Å². The van der Waals surface area contributed by atoms with E-state index in [-0.39, 0.29) is 40.5 Å². The summed E-state index contributed by atoms with van der Waals surface area (Å²) in [5, 5.41) is -0.296. The van der Waals surface area contributed by atoms with E-state index < -0.39 is 15.9 Å². The highest BCUT2D eigenvalue weighted by molar-refractivity contribution is 7.91. The van der Waals surface area contributed by atoms with E-state index in [0.29, 0.717) is 11.1 Å². The van der Waals surface area contributed by atoms with Crippen LogP contribution in [-0.4, -0.2) is 31.6 Å². The molecule has 1 atom stereocenters. The van der Waals surface area contributed by atoms with Crippen LogP contribution < -0.4 is 0 Å². The van der Waals surface area contributed by atoms with Crippen LogP contribution in [0.1, 0.15) is 24.0 Å². The number of oxazole rings is 1. The molecule has 27 heavy (non-hydrogen) atoms. The molecule has 0 fully saturated rings. The molecule has 2 heterocycles. The molecule has 1 aromatic carbocycles. The molecule has 8 heteroatoms. The summed E-state index contributed by atoms with van der Waals surface area (Å²) in [7, 11) is -3.85. The minimum atomic E-state index is -3.85. The van der Waals surface area contributed by atoms with Crippen molar-refractivity contribution in [3.05, 3.63) is 65.2 Å². The van der Waals surface area contributed by atoms with Gasteiger partial charge in [-0.25, -0.2) is 13.4 Å². The van der Waals surface area contributed by atoms with E-state index in [0.717, 1.165) is 11.8 Å². The Bertz CT molecular complexity index is 1110. The first kappa shape index (κ1) is 17.6. The van der Waals surface area contributed by atoms with Crippen LogP contribution in [0.4, 0.5) is 0 Å². The number of ether oxygens (including phenoxy) is 1. The summed E-state index contributed by atoms with van der Waals surface area (Å²) in [6.45, 7) is 1.82. The van der Waals surface area contributed by atoms with E-state index in [4.69, 9.17) is 9.15 Å². The number of hydrogen-bond donors (Lipinski definition) is 0. The van der Waals surface area contributed by atoms with E-state index in [1.807, 2.05) is 6.92 Å². The average Bonchev–Trinajstić information content (AvgIpc) is 3.16. The summed E-state index contributed by atoms with van der Waals surface area (Å²) in [6.07, 6.45) is 2.96. The zero-order valence-corrected chi connectivity index (χ0v) is 15.2. The molecule has 4 rings (SSSR count). The third-order valence-corrected chi connectivity index (χ3v) is 6.15. The summed E-state index contributed by atoms with van der Waals surface area (Å²) in [5.74, 6) is -0.447. The zero-order valence-electron chi connectivity index (χ0n) is 14.3. The molecule has 0 amide bonds. The largest absolute Gasteiger partial charge is 0.426 e. The van der Waals surface area contributed by atoms with Crippen molar-refractivity contribution < 1.29 is 27.2 Å². The Hall–Kier alpha value is -2.84. The zero-order chi connectivity index (χ0) is 19.2. The van der Waals surface area contributed by atoms with Gasteiger partial charge in [0.2, 0.25) is 20.8 Å². The van der Waals surface area contributed by atoms with Crippen LogP contribution in [0.25, 0.3) is 0 Å². The highest BCUT2D eigenvalue weighted by Crippen LogP contribution is 2.35. The summed E-state index contributed by atoms with van der Waals surface area (Å²) < 4.78 is 36.4. The van der Waals surface area contributed by atoms with Gasteiger partial charge >= 0.3 is 0 Å². The fraction of sp³-hybridized carbons (Fsp3) is 0.211. The van der Waals surface area contributed by atoms with Crippen molar-refractivity contribution in [3.8, 4) is 0 Å². The van der Waals surface area contributed by atoms with Crippen LogP contribution in [0, 0.1) is 6.92 Å². The number of nitrogens with zero attached hydrogens (tertiary/aromatic N) is 1. The lowest BCUT2D eigenvalue weighted by Gasteiger charge is -2.25. The van der Waals surface area contributed by atoms with Gasteiger partial charge < -0.3 is 9.15 Å². The highest BCUT2D eigenvalue weighted by Gasteiger charge is 2.34. The molecule has 0 saturated heterocycles. The second kappa shape index (κ2) is 6.40. The first-order chi connectivity index (χ1) is 12.9. The standard InChI is InChI=1S/C19H15NO6S/c1-11-2-4-12(5-3-11)27(23,24)18-9-20-19(26-18)17-8-13-14(10-25-17)16(22)7-6-15(13)21/h2-7,9,17H,8,10H2,1H3. The van der Waals surface area contributed by atoms with Crippen LogP contribution in [0.3, 0.4) is 0 Å². The van der Waals surface area contributed by atoms with E-state index in [2.05, 4.69) is 4.98 Å². The summed E-state index contributed by atoms with van der Waals surface area (Å²) >= 11 is 0. The topological polar surface area (TPSA) is 104 Å². The van der Waals surface area contributed by atoms with Gasteiger partial charge in [0, 0.05) is 17.6 Å². The maximum absolute atomic E-state index is 12.7. The molecule has 0 radical (unpaired) electrons. The molecule has 1 aromatic heterocycles. The molecule has 0 N–H and O–H groups in total. The monoisotopic (exact) mass is 385 g/mol. The van der Waals surface area contributed by atoms with E-state index in [1.54, 1.807) is 12.1 Å². The van der Waals surface area contributed by atoms with E-state index in [1.165, 1.54) is 24.3 Å². The fourth-order valence-electron chi connectivity index (χ4n) is 3.00. The third-order valence-electron chi connectivity index (χ3n) is 4.54. The van der Waals surface area contributed by atoms with Gasteiger partial charge in [-0.1, -0.05) is 17.7 Å². The number of carbonyl (C=O) groups excluding carboxylic acids is 2. The van der Waals surface area contributed by atoms with Gasteiger partial charge in [0.15, 0.2) is 11.6 Å². The Morgan fingerprint density at radius 1 is 1.04 bits per heavy atom. The molecule has 2 aromatic rings. The van der Waals surface area contributed by atoms with Crippen LogP contribution in [0.2, 0.25) is 0 Å². The second-order valence-electron chi connectivity index (χ2n) is 6.36. The van der Waals surface area contributed by atoms with Crippen molar-refractivity contribution in [2.45, 2.75) is 29.4 Å². The van der Waals surface area contributed by atoms with E-state index in [9.17, 15) is 18.0 Å². The fourth-order valence-corrected chi connectivity index (χ4v) is 4.11. The number of allylic oxidation sites excluding steroid dienone is 2. The number of ketones is 2. The van der Waals surface area contributed by atoms with Gasteiger partial charge in [0.25, 0.3) is 0 Å². The number of aromatic nitrogens is 1. The normalized spacial score (nSPS) is 20.1. The quantitative estimate of drug-likeness (QED) is 0.747. The van der Waals surface area contributed by atoms with Gasteiger partial charge in [-0.05, 0) is 31.2 Å². The highest BCUT2D eigenvalue weighted by atomic mass is 32.2. The molecule has 1 aliphatic carbocycles. The Morgan fingerprint density at radius 2 is 1.70 bits per heavy atom. The number of benzene rings is 1. The molecule has 1 unspecified atom stereocenters. The first-order valence-corrected chi connectivity index (χ1v) is 9.72. The molecule has 0 bridgehead atoms. The van der Waals surface area contributed by atoms with Crippen molar-refractivity contribution in [1.82, 2.24) is 4.98 Å². The minimum Gasteiger partial charge on any atom is -0.426 e. The Kier molecular flexibility index (Phi) is 4.16. The summed E-state index contributed by atoms with van der Waals surface area (Å²) in [5.41, 5.74) is 1.63. The minimum absolute atomic E-state index is 0.0443. The number of aryl methyl sites for hydroxylation is 1. The SMILES string of the molecule is Cc1ccc(S(=O)(=O)c2cnc(C3CC4=C(CO3)C(=O)C=CC4=O)o2)cc1. The molecule has 0 spiro atoms. The Balaban J connectivity index is 1.61. The lowest BCUT2D eigenvalue weighted by atomic mass is 9.89. The second-order valence-corrected chi connectivity index (χ2v) is 8.24. The molecule has 1 aliphatic heterocycles. The van der Waals surface area contributed by atoms with Crippen molar-refractivity contribution in [3.63, 3.8) is 0 Å². The van der Waals surface area contributed by atoms with Crippen LogP contribution in [-0.2, 0) is 24.2 Å². The van der Waals surface area contributed by atoms with E-state index >= 15 is 0 Å². The lowest BCUT2D eigenvalue weighted by Crippen LogP contribution is -2.26. The first-order valence-electron chi connectivity index (χ1n) is 8.24. The number of rotatable bonds is 3. The van der Waals surface area contributed by atoms with Crippen molar-refractivity contribution in [1.29, 1.82) is 0 Å². The number of sulfone groups is 1. The predicted molar refractivity (Wildman–Crippen MR) is 92.6 cm³/mol. The van der Waals surface area contributed by atoms with Gasteiger partial charge in [-0.2, -0.15) is 0 Å². The Labute approximate surface area is 155 Å². The molecule has 2 aliphatic rings. The van der Waals surface area contributed by atoms with Crippen LogP contribution >= 0.6 is 0 Å². The average molecular weight is 385 g/mol. The van der Waals surface area contributed by atoms with Gasteiger partial charge in [0.1, 0.15) is 6.10 Å². The summed E-state index contributed by atoms with van der Waals surface area (Å²) in [4.78, 5) is 28.0. The number of hydrogen-bond acceptors (Lipinski definition) is 7. The summed E-state index contributed by atoms with van der Waals surface area (Å²) in [6, 6.07) is 6.39. The maximum Gasteiger partial charge on any atom is 0.243 e. The molecule has 0 saturated carbocycles. The van der Waals surface area contributed by atoms with Crippen molar-refractivity contribution >= 4 is 21.4 Å². The molecular weight excluding hydrogens is 370 g/mol. The third kappa shape index (κ3) is 3.07. The molecule has 7 nitrogen and oxygen atoms in total. The Morgan fingerprint density at radius 3 is 2.41 bits per heavy atom. The molecular formula is C19H15NO6S. The molecule has 138 valence electrons.